The number of nitrogens with two attached hydrogens (primary N) is 1. The highest BCUT2D eigenvalue weighted by molar-refractivity contribution is 7.77. The number of thiocarbonyl (C=S) groups is 1. The molecular formula is C12H24N2S. The van der Waals surface area contributed by atoms with Gasteiger partial charge in [0.2, 0.25) is 0 Å². The fraction of sp³-hybridized carbons (Fsp3) is 0.583. The lowest BCUT2D eigenvalue weighted by atomic mass is 10.0. The lowest BCUT2D eigenvalue weighted by molar-refractivity contribution is 0.702. The molecule has 0 aromatic heterocycles. The Morgan fingerprint density at radius 2 is 2.13 bits per heavy atom. The number of allylic oxidation sites excluding steroid dienone is 3. The van der Waals surface area contributed by atoms with Crippen LogP contribution in [0, 0.1) is 0 Å². The molecule has 0 radical (unpaired) electrons. The van der Waals surface area contributed by atoms with Gasteiger partial charge in [-0.2, -0.15) is 0 Å². The van der Waals surface area contributed by atoms with Gasteiger partial charge in [0.05, 0.1) is 0 Å². The van der Waals surface area contributed by atoms with Crippen molar-refractivity contribution in [3.63, 3.8) is 0 Å². The number of hydrogen-bond donors (Lipinski definition) is 2. The summed E-state index contributed by atoms with van der Waals surface area (Å²) in [5, 5.41) is 2.85. The highest BCUT2D eigenvalue weighted by Gasteiger charge is 1.95. The van der Waals surface area contributed by atoms with Crippen LogP contribution in [0.5, 0.6) is 0 Å². The molecule has 0 bridgehead atoms. The van der Waals surface area contributed by atoms with Crippen LogP contribution in [0.3, 0.4) is 0 Å². The maximum absolute atomic E-state index is 5.06. The molecule has 3 heteroatoms. The predicted molar refractivity (Wildman–Crippen MR) is 73.9 cm³/mol. The van der Waals surface area contributed by atoms with Crippen molar-refractivity contribution in [3.05, 3.63) is 23.5 Å². The van der Waals surface area contributed by atoms with E-state index in [2.05, 4.69) is 36.4 Å². The van der Waals surface area contributed by atoms with E-state index in [0.717, 1.165) is 5.70 Å². The van der Waals surface area contributed by atoms with Crippen molar-refractivity contribution in [3.8, 4) is 0 Å². The standard InChI is InChI=1S/C7H12.C4H10N2.CH2S/c1-7-5-3-2-4-6-7;1-4(3-5)6-2;1-2/h5H,2-4,6H2,1H3;3,6H,5H2,1-2H3;1H2/b;4-3-;. The third-order valence-corrected chi connectivity index (χ3v) is 2.16. The van der Waals surface area contributed by atoms with E-state index < -0.39 is 0 Å². The molecule has 0 spiro atoms. The fourth-order valence-corrected chi connectivity index (χ4v) is 1.08. The number of nitrogens with one attached hydrogen (secondary N) is 1. The predicted octanol–water partition coefficient (Wildman–Crippen LogP) is 3.15. The quantitative estimate of drug-likeness (QED) is 0.535. The second-order valence-electron chi connectivity index (χ2n) is 3.40. The van der Waals surface area contributed by atoms with E-state index in [1.54, 1.807) is 5.57 Å². The van der Waals surface area contributed by atoms with E-state index in [-0.39, 0.29) is 0 Å². The summed E-state index contributed by atoms with van der Waals surface area (Å²) in [6.07, 6.45) is 9.38. The smallest absolute Gasteiger partial charge is 0.0230 e. The van der Waals surface area contributed by atoms with Gasteiger partial charge in [-0.3, -0.25) is 0 Å². The molecule has 1 aliphatic rings. The Labute approximate surface area is 99.6 Å². The van der Waals surface area contributed by atoms with E-state index in [1.165, 1.54) is 31.9 Å². The topological polar surface area (TPSA) is 38.0 Å². The Bertz CT molecular complexity index is 198. The van der Waals surface area contributed by atoms with Crippen LogP contribution in [-0.4, -0.2) is 12.9 Å². The van der Waals surface area contributed by atoms with Gasteiger partial charge in [0.25, 0.3) is 0 Å². The monoisotopic (exact) mass is 228 g/mol. The van der Waals surface area contributed by atoms with Crippen molar-refractivity contribution >= 4 is 18.1 Å². The molecule has 0 aromatic carbocycles. The molecule has 0 saturated heterocycles. The molecule has 0 saturated carbocycles. The van der Waals surface area contributed by atoms with Crippen molar-refractivity contribution in [1.82, 2.24) is 5.32 Å². The average molecular weight is 228 g/mol. The van der Waals surface area contributed by atoms with Crippen molar-refractivity contribution in [2.75, 3.05) is 7.05 Å². The van der Waals surface area contributed by atoms with E-state index in [9.17, 15) is 0 Å². The van der Waals surface area contributed by atoms with E-state index >= 15 is 0 Å². The first-order chi connectivity index (χ1) is 7.20. The SMILES string of the molecule is C=S.CC1=CCCCC1.CN/C(C)=C\N. The minimum Gasteiger partial charge on any atom is -0.403 e. The molecule has 0 unspecified atom stereocenters. The minimum absolute atomic E-state index is 0.995. The third kappa shape index (κ3) is 13.2. The van der Waals surface area contributed by atoms with Crippen molar-refractivity contribution in [1.29, 1.82) is 0 Å². The van der Waals surface area contributed by atoms with Gasteiger partial charge in [0, 0.05) is 18.9 Å². The lowest BCUT2D eigenvalue weighted by Gasteiger charge is -2.05. The van der Waals surface area contributed by atoms with Crippen molar-refractivity contribution < 1.29 is 0 Å². The van der Waals surface area contributed by atoms with Crippen molar-refractivity contribution in [2.45, 2.75) is 39.5 Å². The molecule has 88 valence electrons. The maximum atomic E-state index is 5.06. The van der Waals surface area contributed by atoms with Crippen LogP contribution >= 0.6 is 12.2 Å². The van der Waals surface area contributed by atoms with Crippen LogP contribution in [0.4, 0.5) is 0 Å². The first kappa shape index (κ1) is 16.6. The van der Waals surface area contributed by atoms with Crippen LogP contribution in [0.15, 0.2) is 23.5 Å². The molecular weight excluding hydrogens is 204 g/mol. The van der Waals surface area contributed by atoms with Gasteiger partial charge in [-0.05, 0) is 45.4 Å². The summed E-state index contributed by atoms with van der Waals surface area (Å²) in [7, 11) is 1.83. The number of hydrogen-bond acceptors (Lipinski definition) is 3. The molecule has 0 aromatic rings. The van der Waals surface area contributed by atoms with Gasteiger partial charge in [0.15, 0.2) is 0 Å². The Morgan fingerprint density at radius 1 is 1.53 bits per heavy atom. The van der Waals surface area contributed by atoms with E-state index in [1.807, 2.05) is 14.0 Å². The zero-order valence-electron chi connectivity index (χ0n) is 10.2. The van der Waals surface area contributed by atoms with Gasteiger partial charge in [-0.25, -0.2) is 0 Å². The maximum Gasteiger partial charge on any atom is 0.0230 e. The van der Waals surface area contributed by atoms with Gasteiger partial charge >= 0.3 is 0 Å². The minimum atomic E-state index is 0.995. The number of rotatable bonds is 1. The first-order valence-corrected chi connectivity index (χ1v) is 5.79. The summed E-state index contributed by atoms with van der Waals surface area (Å²) in [4.78, 5) is 0. The van der Waals surface area contributed by atoms with Crippen LogP contribution in [0.2, 0.25) is 0 Å². The molecule has 0 atom stereocenters. The Morgan fingerprint density at radius 3 is 2.27 bits per heavy atom. The summed E-state index contributed by atoms with van der Waals surface area (Å²) in [6.45, 7) is 4.12. The van der Waals surface area contributed by atoms with Crippen LogP contribution in [-0.2, 0) is 0 Å². The zero-order chi connectivity index (χ0) is 12.1. The third-order valence-electron chi connectivity index (χ3n) is 2.16. The summed E-state index contributed by atoms with van der Waals surface area (Å²) >= 11 is 3.83. The summed E-state index contributed by atoms with van der Waals surface area (Å²) in [5.74, 6) is 2.83. The Hall–Kier alpha value is -0.830. The molecule has 1 rings (SSSR count). The van der Waals surface area contributed by atoms with Gasteiger partial charge in [0.1, 0.15) is 0 Å². The molecule has 1 aliphatic carbocycles. The van der Waals surface area contributed by atoms with Crippen LogP contribution in [0.25, 0.3) is 0 Å². The van der Waals surface area contributed by atoms with Crippen LogP contribution in [0.1, 0.15) is 39.5 Å². The fourth-order valence-electron chi connectivity index (χ4n) is 1.08. The molecule has 0 amide bonds. The van der Waals surface area contributed by atoms with E-state index in [0.29, 0.717) is 0 Å². The molecule has 3 N–H and O–H groups in total. The molecule has 15 heavy (non-hydrogen) atoms. The Balaban J connectivity index is 0. The van der Waals surface area contributed by atoms with Gasteiger partial charge < -0.3 is 11.1 Å². The molecule has 0 heterocycles. The van der Waals surface area contributed by atoms with Gasteiger partial charge in [-0.15, -0.1) is 0 Å². The normalized spacial score (nSPS) is 14.9. The highest BCUT2D eigenvalue weighted by atomic mass is 32.1. The second-order valence-corrected chi connectivity index (χ2v) is 3.40. The molecule has 0 aliphatic heterocycles. The van der Waals surface area contributed by atoms with Gasteiger partial charge in [-0.1, -0.05) is 23.9 Å². The van der Waals surface area contributed by atoms with Crippen molar-refractivity contribution in [2.24, 2.45) is 5.73 Å². The zero-order valence-corrected chi connectivity index (χ0v) is 11.0. The summed E-state index contributed by atoms with van der Waals surface area (Å²) in [6, 6.07) is 0. The van der Waals surface area contributed by atoms with E-state index in [4.69, 9.17) is 5.73 Å². The largest absolute Gasteiger partial charge is 0.403 e. The lowest BCUT2D eigenvalue weighted by Crippen LogP contribution is -2.03. The summed E-state index contributed by atoms with van der Waals surface area (Å²) < 4.78 is 0. The Kier molecular flexibility index (Phi) is 14.6. The summed E-state index contributed by atoms with van der Waals surface area (Å²) in [5.41, 5.74) is 7.64. The molecule has 0 fully saturated rings. The van der Waals surface area contributed by atoms with Crippen LogP contribution < -0.4 is 11.1 Å². The second kappa shape index (κ2) is 13.2. The highest BCUT2D eigenvalue weighted by Crippen LogP contribution is 2.15. The first-order valence-electron chi connectivity index (χ1n) is 5.21. The molecule has 2 nitrogen and oxygen atoms in total. The average Bonchev–Trinajstić information content (AvgIpc) is 2.32.